The van der Waals surface area contributed by atoms with E-state index in [1.807, 2.05) is 19.1 Å². The molecule has 2 bridgehead atoms. The van der Waals surface area contributed by atoms with Crippen LogP contribution in [-0.2, 0) is 9.53 Å². The second-order valence-corrected chi connectivity index (χ2v) is 8.16. The van der Waals surface area contributed by atoms with Gasteiger partial charge in [0.2, 0.25) is 0 Å². The summed E-state index contributed by atoms with van der Waals surface area (Å²) < 4.78 is 30.7. The zero-order chi connectivity index (χ0) is 20.9. The molecule has 5 heteroatoms. The number of hydrogen-bond acceptors (Lipinski definition) is 3. The molecule has 0 N–H and O–H groups in total. The molecule has 0 radical (unpaired) electrons. The van der Waals surface area contributed by atoms with Gasteiger partial charge in [0.05, 0.1) is 13.0 Å². The van der Waals surface area contributed by atoms with E-state index >= 15 is 0 Å². The second-order valence-electron chi connectivity index (χ2n) is 8.16. The Kier molecular flexibility index (Phi) is 7.23. The smallest absolute Gasteiger partial charge is 0.311 e. The average molecular weight is 404 g/mol. The summed E-state index contributed by atoms with van der Waals surface area (Å²) in [5.41, 5.74) is 1.88. The van der Waals surface area contributed by atoms with Crippen LogP contribution in [0, 0.1) is 12.8 Å². The van der Waals surface area contributed by atoms with Gasteiger partial charge in [-0.3, -0.25) is 9.69 Å². The number of alkyl halides is 2. The number of rotatable bonds is 8. The molecule has 3 rings (SSSR count). The van der Waals surface area contributed by atoms with Gasteiger partial charge in [0.1, 0.15) is 13.3 Å². The molecule has 29 heavy (non-hydrogen) atoms. The fourth-order valence-electron chi connectivity index (χ4n) is 5.39. The molecule has 4 unspecified atom stereocenters. The number of fused-ring (bicyclic) bond motifs is 2. The molecule has 3 nitrogen and oxygen atoms in total. The second kappa shape index (κ2) is 9.66. The number of carbonyl (C=O) groups excluding carboxylic acids is 1. The minimum atomic E-state index is -0.522. The highest BCUT2D eigenvalue weighted by molar-refractivity contribution is 5.76. The third-order valence-electron chi connectivity index (χ3n) is 6.68. The quantitative estimate of drug-likeness (QED) is 0.456. The number of esters is 1. The number of benzene rings is 1. The Labute approximate surface area is 172 Å². The molecule has 2 heterocycles. The van der Waals surface area contributed by atoms with E-state index < -0.39 is 18.9 Å². The summed E-state index contributed by atoms with van der Waals surface area (Å²) in [6.45, 7) is 1.62. The van der Waals surface area contributed by atoms with Crippen LogP contribution < -0.4 is 0 Å². The van der Waals surface area contributed by atoms with Crippen LogP contribution in [0.4, 0.5) is 8.78 Å². The van der Waals surface area contributed by atoms with Crippen LogP contribution in [0.1, 0.15) is 42.7 Å². The molecule has 1 aromatic carbocycles. The maximum atomic E-state index is 13.1. The van der Waals surface area contributed by atoms with Gasteiger partial charge in [-0.15, -0.1) is 0 Å². The highest BCUT2D eigenvalue weighted by Crippen LogP contribution is 2.55. The average Bonchev–Trinajstić information content (AvgIpc) is 2.96. The topological polar surface area (TPSA) is 29.5 Å². The van der Waals surface area contributed by atoms with E-state index in [1.165, 1.54) is 24.8 Å². The van der Waals surface area contributed by atoms with Crippen LogP contribution in [-0.4, -0.2) is 49.5 Å². The number of nitrogens with zero attached hydrogens (tertiary/aromatic N) is 1. The SMILES string of the molecule is COC(=O)C1C(c2ccc(C)cc2)CC2CCC1(C/C=C/CF)N2C/C=C/CF. The minimum Gasteiger partial charge on any atom is -0.469 e. The first-order chi connectivity index (χ1) is 14.1. The number of hydrogen-bond donors (Lipinski definition) is 0. The van der Waals surface area contributed by atoms with E-state index in [9.17, 15) is 13.6 Å². The molecule has 2 aliphatic heterocycles. The van der Waals surface area contributed by atoms with E-state index in [-0.39, 0.29) is 17.8 Å². The summed E-state index contributed by atoms with van der Waals surface area (Å²) in [6.07, 6.45) is 9.99. The van der Waals surface area contributed by atoms with Gasteiger partial charge in [0, 0.05) is 24.0 Å². The fraction of sp³-hybridized carbons (Fsp3) is 0.542. The van der Waals surface area contributed by atoms with E-state index in [0.717, 1.165) is 24.8 Å². The van der Waals surface area contributed by atoms with Gasteiger partial charge in [0.15, 0.2) is 0 Å². The monoisotopic (exact) mass is 403 g/mol. The Morgan fingerprint density at radius 2 is 1.86 bits per heavy atom. The molecule has 2 aliphatic rings. The highest BCUT2D eigenvalue weighted by atomic mass is 19.1. The Morgan fingerprint density at radius 3 is 2.52 bits per heavy atom. The number of allylic oxidation sites excluding steroid dienone is 2. The first kappa shape index (κ1) is 21.7. The van der Waals surface area contributed by atoms with E-state index in [0.29, 0.717) is 19.0 Å². The number of aryl methyl sites for hydroxylation is 1. The maximum absolute atomic E-state index is 13.1. The maximum Gasteiger partial charge on any atom is 0.311 e. The zero-order valence-corrected chi connectivity index (χ0v) is 17.3. The zero-order valence-electron chi connectivity index (χ0n) is 17.3. The van der Waals surface area contributed by atoms with Crippen LogP contribution in [0.15, 0.2) is 48.6 Å². The van der Waals surface area contributed by atoms with E-state index in [1.54, 1.807) is 0 Å². The molecular weight excluding hydrogens is 372 g/mol. The lowest BCUT2D eigenvalue weighted by atomic mass is 9.67. The Balaban J connectivity index is 2.04. The molecule has 0 amide bonds. The van der Waals surface area contributed by atoms with Gasteiger partial charge in [-0.25, -0.2) is 8.78 Å². The number of methoxy groups -OCH3 is 1. The van der Waals surface area contributed by atoms with Crippen molar-refractivity contribution in [3.63, 3.8) is 0 Å². The number of ether oxygens (including phenoxy) is 1. The van der Waals surface area contributed by atoms with Crippen molar-refractivity contribution in [3.8, 4) is 0 Å². The summed E-state index contributed by atoms with van der Waals surface area (Å²) in [5, 5.41) is 0. The van der Waals surface area contributed by atoms with Crippen molar-refractivity contribution >= 4 is 5.97 Å². The Bertz CT molecular complexity index is 746. The van der Waals surface area contributed by atoms with E-state index in [4.69, 9.17) is 4.74 Å². The van der Waals surface area contributed by atoms with Gasteiger partial charge in [-0.2, -0.15) is 0 Å². The summed E-state index contributed by atoms with van der Waals surface area (Å²) in [7, 11) is 1.44. The first-order valence-electron chi connectivity index (χ1n) is 10.4. The van der Waals surface area contributed by atoms with Crippen molar-refractivity contribution in [2.75, 3.05) is 27.0 Å². The van der Waals surface area contributed by atoms with Crippen LogP contribution in [0.25, 0.3) is 0 Å². The summed E-state index contributed by atoms with van der Waals surface area (Å²) in [6, 6.07) is 8.69. The lowest BCUT2D eigenvalue weighted by Gasteiger charge is -2.52. The van der Waals surface area contributed by atoms with Gasteiger partial charge in [-0.1, -0.05) is 54.1 Å². The molecule has 2 saturated heterocycles. The molecule has 1 aromatic rings. The molecule has 158 valence electrons. The van der Waals surface area contributed by atoms with Gasteiger partial charge in [-0.05, 0) is 38.2 Å². The van der Waals surface area contributed by atoms with Crippen molar-refractivity contribution in [1.82, 2.24) is 4.90 Å². The third-order valence-corrected chi connectivity index (χ3v) is 6.68. The van der Waals surface area contributed by atoms with Crippen molar-refractivity contribution in [3.05, 3.63) is 59.7 Å². The standard InChI is InChI=1S/C24H31F2NO2/c1-18-7-9-19(10-8-18)21-17-20-11-13-24(12-3-4-14-25,22(21)23(28)29-2)27(20)16-6-5-15-26/h3-10,20-22H,11-17H2,1-2H3/b4-3+,6-5+. The lowest BCUT2D eigenvalue weighted by molar-refractivity contribution is -0.155. The first-order valence-corrected chi connectivity index (χ1v) is 10.4. The summed E-state index contributed by atoms with van der Waals surface area (Å²) in [4.78, 5) is 15.4. The predicted molar refractivity (Wildman–Crippen MR) is 111 cm³/mol. The largest absolute Gasteiger partial charge is 0.469 e. The third kappa shape index (κ3) is 4.30. The van der Waals surface area contributed by atoms with Gasteiger partial charge >= 0.3 is 5.97 Å². The van der Waals surface area contributed by atoms with Crippen LogP contribution in [0.3, 0.4) is 0 Å². The summed E-state index contributed by atoms with van der Waals surface area (Å²) in [5.74, 6) is -0.517. The van der Waals surface area contributed by atoms with Crippen molar-refractivity contribution in [1.29, 1.82) is 0 Å². The Morgan fingerprint density at radius 1 is 1.17 bits per heavy atom. The normalized spacial score (nSPS) is 29.7. The molecule has 2 fully saturated rings. The molecule has 0 spiro atoms. The Hall–Kier alpha value is -2.01. The molecule has 0 aromatic heterocycles. The molecular formula is C24H31F2NO2. The van der Waals surface area contributed by atoms with Crippen LogP contribution in [0.5, 0.6) is 0 Å². The predicted octanol–water partition coefficient (Wildman–Crippen LogP) is 4.92. The minimum absolute atomic E-state index is 0.0516. The van der Waals surface area contributed by atoms with Gasteiger partial charge in [0.25, 0.3) is 0 Å². The number of piperidine rings is 1. The van der Waals surface area contributed by atoms with Crippen molar-refractivity contribution in [2.45, 2.75) is 50.1 Å². The van der Waals surface area contributed by atoms with Crippen molar-refractivity contribution in [2.24, 2.45) is 5.92 Å². The molecule has 0 aliphatic carbocycles. The van der Waals surface area contributed by atoms with E-state index in [2.05, 4.69) is 29.2 Å². The number of carbonyl (C=O) groups is 1. The fourth-order valence-corrected chi connectivity index (χ4v) is 5.39. The number of halogens is 2. The van der Waals surface area contributed by atoms with Crippen molar-refractivity contribution < 1.29 is 18.3 Å². The molecule has 4 atom stereocenters. The molecule has 0 saturated carbocycles. The highest BCUT2D eigenvalue weighted by Gasteiger charge is 2.59. The van der Waals surface area contributed by atoms with Crippen LogP contribution >= 0.6 is 0 Å². The van der Waals surface area contributed by atoms with Gasteiger partial charge < -0.3 is 4.74 Å². The lowest BCUT2D eigenvalue weighted by Crippen LogP contribution is -2.60. The summed E-state index contributed by atoms with van der Waals surface area (Å²) >= 11 is 0. The van der Waals surface area contributed by atoms with Crippen LogP contribution in [0.2, 0.25) is 0 Å².